The van der Waals surface area contributed by atoms with Crippen LogP contribution in [-0.2, 0) is 0 Å². The van der Waals surface area contributed by atoms with Crippen LogP contribution < -0.4 is 10.2 Å². The van der Waals surface area contributed by atoms with Gasteiger partial charge >= 0.3 is 0 Å². The summed E-state index contributed by atoms with van der Waals surface area (Å²) in [5.41, 5.74) is 4.40. The van der Waals surface area contributed by atoms with Crippen molar-refractivity contribution in [3.63, 3.8) is 0 Å². The SMILES string of the molecule is c1nc2ccc(N3CCC(NC4CC4)C3)cc2s1. The number of nitrogens with zero attached hydrogens (tertiary/aromatic N) is 2. The number of nitrogens with one attached hydrogen (secondary N) is 1. The molecule has 94 valence electrons. The molecule has 1 N–H and O–H groups in total. The van der Waals surface area contributed by atoms with Gasteiger partial charge in [0.2, 0.25) is 0 Å². The lowest BCUT2D eigenvalue weighted by molar-refractivity contribution is 0.548. The molecule has 2 fully saturated rings. The van der Waals surface area contributed by atoms with Crippen LogP contribution in [-0.4, -0.2) is 30.2 Å². The molecule has 1 saturated heterocycles. The van der Waals surface area contributed by atoms with E-state index in [1.165, 1.54) is 36.2 Å². The summed E-state index contributed by atoms with van der Waals surface area (Å²) in [5.74, 6) is 0. The van der Waals surface area contributed by atoms with Crippen LogP contribution in [0.25, 0.3) is 10.2 Å². The highest BCUT2D eigenvalue weighted by molar-refractivity contribution is 7.16. The third kappa shape index (κ3) is 1.99. The minimum Gasteiger partial charge on any atom is -0.370 e. The number of fused-ring (bicyclic) bond motifs is 1. The standard InChI is InChI=1S/C14H17N3S/c1-2-10(1)16-11-5-6-17(8-11)12-3-4-13-14(7-12)18-9-15-13/h3-4,7,9-11,16H,1-2,5-6,8H2. The van der Waals surface area contributed by atoms with Crippen LogP contribution in [0.1, 0.15) is 19.3 Å². The van der Waals surface area contributed by atoms with Gasteiger partial charge in [-0.3, -0.25) is 0 Å². The van der Waals surface area contributed by atoms with Gasteiger partial charge in [-0.2, -0.15) is 0 Å². The summed E-state index contributed by atoms with van der Waals surface area (Å²) in [5, 5.41) is 3.73. The van der Waals surface area contributed by atoms with Crippen molar-refractivity contribution in [1.29, 1.82) is 0 Å². The molecule has 2 aromatic rings. The largest absolute Gasteiger partial charge is 0.370 e. The van der Waals surface area contributed by atoms with Crippen molar-refractivity contribution in [3.8, 4) is 0 Å². The predicted molar refractivity (Wildman–Crippen MR) is 76.4 cm³/mol. The van der Waals surface area contributed by atoms with Crippen molar-refractivity contribution < 1.29 is 0 Å². The second-order valence-corrected chi connectivity index (χ2v) is 6.26. The zero-order chi connectivity index (χ0) is 11.9. The highest BCUT2D eigenvalue weighted by Crippen LogP contribution is 2.28. The predicted octanol–water partition coefficient (Wildman–Crippen LogP) is 2.63. The Labute approximate surface area is 111 Å². The highest BCUT2D eigenvalue weighted by atomic mass is 32.1. The van der Waals surface area contributed by atoms with Crippen LogP contribution in [0.2, 0.25) is 0 Å². The summed E-state index contributed by atoms with van der Waals surface area (Å²) in [6, 6.07) is 8.14. The lowest BCUT2D eigenvalue weighted by atomic mass is 10.2. The van der Waals surface area contributed by atoms with Crippen molar-refractivity contribution in [2.75, 3.05) is 18.0 Å². The number of aromatic nitrogens is 1. The van der Waals surface area contributed by atoms with Crippen molar-refractivity contribution in [2.24, 2.45) is 0 Å². The van der Waals surface area contributed by atoms with Gasteiger partial charge in [0.1, 0.15) is 0 Å². The molecule has 2 aliphatic rings. The molecule has 3 nitrogen and oxygen atoms in total. The maximum absolute atomic E-state index is 4.34. The molecule has 2 heterocycles. The smallest absolute Gasteiger partial charge is 0.0813 e. The molecule has 4 heteroatoms. The van der Waals surface area contributed by atoms with E-state index >= 15 is 0 Å². The Balaban J connectivity index is 1.51. The molecular formula is C14H17N3S. The number of benzene rings is 1. The third-order valence-electron chi connectivity index (χ3n) is 3.92. The number of thiazole rings is 1. The first kappa shape index (κ1) is 10.8. The lowest BCUT2D eigenvalue weighted by Crippen LogP contribution is -2.33. The number of anilines is 1. The lowest BCUT2D eigenvalue weighted by Gasteiger charge is -2.19. The second kappa shape index (κ2) is 4.21. The van der Waals surface area contributed by atoms with E-state index in [4.69, 9.17) is 0 Å². The van der Waals surface area contributed by atoms with Crippen LogP contribution in [0.3, 0.4) is 0 Å². The Bertz CT molecular complexity index is 561. The zero-order valence-electron chi connectivity index (χ0n) is 10.3. The van der Waals surface area contributed by atoms with E-state index in [0.717, 1.165) is 18.1 Å². The minimum atomic E-state index is 0.689. The summed E-state index contributed by atoms with van der Waals surface area (Å²) in [7, 11) is 0. The van der Waals surface area contributed by atoms with Crippen LogP contribution in [0.4, 0.5) is 5.69 Å². The van der Waals surface area contributed by atoms with Crippen molar-refractivity contribution >= 4 is 27.2 Å². The normalized spacial score (nSPS) is 24.0. The minimum absolute atomic E-state index is 0.689. The molecule has 1 unspecified atom stereocenters. The van der Waals surface area contributed by atoms with Gasteiger partial charge in [0.05, 0.1) is 15.7 Å². The van der Waals surface area contributed by atoms with E-state index in [1.807, 2.05) is 5.51 Å². The Morgan fingerprint density at radius 3 is 3.06 bits per heavy atom. The van der Waals surface area contributed by atoms with Crippen LogP contribution in [0, 0.1) is 0 Å². The molecule has 1 atom stereocenters. The zero-order valence-corrected chi connectivity index (χ0v) is 11.1. The van der Waals surface area contributed by atoms with E-state index in [9.17, 15) is 0 Å². The van der Waals surface area contributed by atoms with Gasteiger partial charge in [0.15, 0.2) is 0 Å². The first-order valence-corrected chi connectivity index (χ1v) is 7.61. The average Bonchev–Trinajstić information content (AvgIpc) is 2.91. The quantitative estimate of drug-likeness (QED) is 0.918. The maximum atomic E-state index is 4.34. The fourth-order valence-electron chi connectivity index (χ4n) is 2.75. The van der Waals surface area contributed by atoms with E-state index in [2.05, 4.69) is 33.4 Å². The Morgan fingerprint density at radius 1 is 1.22 bits per heavy atom. The van der Waals surface area contributed by atoms with Gasteiger partial charge < -0.3 is 10.2 Å². The molecule has 1 aromatic heterocycles. The van der Waals surface area contributed by atoms with Gasteiger partial charge in [0, 0.05) is 30.9 Å². The van der Waals surface area contributed by atoms with Gasteiger partial charge in [0.25, 0.3) is 0 Å². The van der Waals surface area contributed by atoms with Crippen molar-refractivity contribution in [1.82, 2.24) is 10.3 Å². The van der Waals surface area contributed by atoms with E-state index in [1.54, 1.807) is 11.3 Å². The summed E-state index contributed by atoms with van der Waals surface area (Å²) < 4.78 is 1.30. The maximum Gasteiger partial charge on any atom is 0.0813 e. The van der Waals surface area contributed by atoms with Gasteiger partial charge in [-0.1, -0.05) is 0 Å². The molecule has 1 aromatic carbocycles. The van der Waals surface area contributed by atoms with E-state index in [-0.39, 0.29) is 0 Å². The third-order valence-corrected chi connectivity index (χ3v) is 4.71. The molecule has 1 saturated carbocycles. The second-order valence-electron chi connectivity index (χ2n) is 5.38. The molecule has 1 aliphatic carbocycles. The average molecular weight is 259 g/mol. The van der Waals surface area contributed by atoms with Crippen molar-refractivity contribution in [3.05, 3.63) is 23.7 Å². The molecule has 1 aliphatic heterocycles. The van der Waals surface area contributed by atoms with Crippen LogP contribution >= 0.6 is 11.3 Å². The van der Waals surface area contributed by atoms with Crippen LogP contribution in [0.5, 0.6) is 0 Å². The first-order chi connectivity index (χ1) is 8.88. The van der Waals surface area contributed by atoms with Gasteiger partial charge in [-0.05, 0) is 37.5 Å². The topological polar surface area (TPSA) is 28.2 Å². The fraction of sp³-hybridized carbons (Fsp3) is 0.500. The monoisotopic (exact) mass is 259 g/mol. The molecule has 0 radical (unpaired) electrons. The van der Waals surface area contributed by atoms with Gasteiger partial charge in [-0.15, -0.1) is 11.3 Å². The Morgan fingerprint density at radius 2 is 2.17 bits per heavy atom. The molecule has 0 amide bonds. The molecule has 0 bridgehead atoms. The highest BCUT2D eigenvalue weighted by Gasteiger charge is 2.29. The molecule has 18 heavy (non-hydrogen) atoms. The summed E-state index contributed by atoms with van der Waals surface area (Å²) in [6.07, 6.45) is 4.03. The van der Waals surface area contributed by atoms with E-state index in [0.29, 0.717) is 6.04 Å². The number of hydrogen-bond acceptors (Lipinski definition) is 4. The summed E-state index contributed by atoms with van der Waals surface area (Å²) >= 11 is 1.73. The first-order valence-electron chi connectivity index (χ1n) is 6.73. The Kier molecular flexibility index (Phi) is 2.52. The molecule has 0 spiro atoms. The number of hydrogen-bond donors (Lipinski definition) is 1. The molecule has 4 rings (SSSR count). The van der Waals surface area contributed by atoms with E-state index < -0.39 is 0 Å². The fourth-order valence-corrected chi connectivity index (χ4v) is 3.46. The Hall–Kier alpha value is -1.13. The molecular weight excluding hydrogens is 242 g/mol. The summed E-state index contributed by atoms with van der Waals surface area (Å²) in [6.45, 7) is 2.33. The van der Waals surface area contributed by atoms with Crippen molar-refractivity contribution in [2.45, 2.75) is 31.3 Å². The number of rotatable bonds is 3. The summed E-state index contributed by atoms with van der Waals surface area (Å²) in [4.78, 5) is 6.84. The van der Waals surface area contributed by atoms with Gasteiger partial charge in [-0.25, -0.2) is 4.98 Å². The van der Waals surface area contributed by atoms with Crippen LogP contribution in [0.15, 0.2) is 23.7 Å².